The minimum Gasteiger partial charge on any atom is -0.497 e. The number of halogens is 1. The van der Waals surface area contributed by atoms with Crippen molar-refractivity contribution in [2.45, 2.75) is 13.0 Å². The van der Waals surface area contributed by atoms with Crippen LogP contribution >= 0.6 is 15.9 Å². The number of benzene rings is 2. The van der Waals surface area contributed by atoms with E-state index in [9.17, 15) is 4.79 Å². The Hall–Kier alpha value is -2.05. The highest BCUT2D eigenvalue weighted by Gasteiger charge is 2.12. The summed E-state index contributed by atoms with van der Waals surface area (Å²) in [5, 5.41) is 6.05. The first-order valence-electron chi connectivity index (χ1n) is 7.55. The van der Waals surface area contributed by atoms with E-state index in [4.69, 9.17) is 9.47 Å². The fourth-order valence-corrected chi connectivity index (χ4v) is 2.92. The number of carbonyl (C=O) groups is 1. The molecule has 0 bridgehead atoms. The van der Waals surface area contributed by atoms with Crippen LogP contribution in [0, 0.1) is 0 Å². The van der Waals surface area contributed by atoms with Gasteiger partial charge in [0.2, 0.25) is 5.91 Å². The maximum Gasteiger partial charge on any atom is 0.238 e. The summed E-state index contributed by atoms with van der Waals surface area (Å²) >= 11 is 3.52. The van der Waals surface area contributed by atoms with Crippen molar-refractivity contribution in [3.8, 4) is 11.5 Å². The molecule has 0 unspecified atom stereocenters. The topological polar surface area (TPSA) is 59.6 Å². The van der Waals surface area contributed by atoms with Crippen LogP contribution in [0.3, 0.4) is 0 Å². The van der Waals surface area contributed by atoms with Gasteiger partial charge in [-0.3, -0.25) is 4.79 Å². The summed E-state index contributed by atoms with van der Waals surface area (Å²) in [4.78, 5) is 12.2. The second-order valence-corrected chi connectivity index (χ2v) is 6.09. The molecule has 1 atom stereocenters. The Labute approximate surface area is 150 Å². The van der Waals surface area contributed by atoms with E-state index in [1.54, 1.807) is 32.4 Å². The quantitative estimate of drug-likeness (QED) is 0.752. The zero-order chi connectivity index (χ0) is 17.5. The van der Waals surface area contributed by atoms with Crippen LogP contribution in [0.4, 0.5) is 5.69 Å². The number of carbonyl (C=O) groups excluding carboxylic acids is 1. The molecule has 0 fully saturated rings. The summed E-state index contributed by atoms with van der Waals surface area (Å²) in [6.07, 6.45) is 0. The molecule has 128 valence electrons. The third-order valence-electron chi connectivity index (χ3n) is 3.62. The first-order valence-corrected chi connectivity index (χ1v) is 8.34. The van der Waals surface area contributed by atoms with Gasteiger partial charge in [0.05, 0.1) is 26.5 Å². The van der Waals surface area contributed by atoms with Gasteiger partial charge in [-0.1, -0.05) is 34.1 Å². The average Bonchev–Trinajstić information content (AvgIpc) is 2.60. The Morgan fingerprint density at radius 3 is 2.58 bits per heavy atom. The summed E-state index contributed by atoms with van der Waals surface area (Å²) in [6.45, 7) is 2.20. The fourth-order valence-electron chi connectivity index (χ4n) is 2.29. The smallest absolute Gasteiger partial charge is 0.238 e. The number of hydrogen-bond acceptors (Lipinski definition) is 4. The summed E-state index contributed by atoms with van der Waals surface area (Å²) in [7, 11) is 3.14. The molecule has 1 amide bonds. The zero-order valence-electron chi connectivity index (χ0n) is 13.9. The van der Waals surface area contributed by atoms with Crippen molar-refractivity contribution < 1.29 is 14.3 Å². The van der Waals surface area contributed by atoms with Gasteiger partial charge < -0.3 is 20.1 Å². The lowest BCUT2D eigenvalue weighted by Gasteiger charge is -2.16. The Morgan fingerprint density at radius 1 is 1.17 bits per heavy atom. The van der Waals surface area contributed by atoms with Gasteiger partial charge in [0.1, 0.15) is 11.5 Å². The third kappa shape index (κ3) is 4.72. The summed E-state index contributed by atoms with van der Waals surface area (Å²) in [5.74, 6) is 1.09. The standard InChI is InChI=1S/C18H21BrN2O3/c1-12(14-6-4-5-7-15(14)19)20-11-18(22)21-16-10-13(23-2)8-9-17(16)24-3/h4-10,12,20H,11H2,1-3H3,(H,21,22)/t12-/m1/s1. The number of rotatable bonds is 7. The van der Waals surface area contributed by atoms with Crippen LogP contribution in [0.5, 0.6) is 11.5 Å². The van der Waals surface area contributed by atoms with E-state index < -0.39 is 0 Å². The molecule has 0 saturated carbocycles. The highest BCUT2D eigenvalue weighted by atomic mass is 79.9. The summed E-state index contributed by atoms with van der Waals surface area (Å²) < 4.78 is 11.5. The van der Waals surface area contributed by atoms with E-state index >= 15 is 0 Å². The van der Waals surface area contributed by atoms with E-state index in [1.807, 2.05) is 31.2 Å². The molecule has 0 aliphatic carbocycles. The van der Waals surface area contributed by atoms with Crippen LogP contribution in [0.1, 0.15) is 18.5 Å². The van der Waals surface area contributed by atoms with Crippen molar-refractivity contribution in [1.82, 2.24) is 5.32 Å². The zero-order valence-corrected chi connectivity index (χ0v) is 15.5. The number of nitrogens with one attached hydrogen (secondary N) is 2. The maximum atomic E-state index is 12.2. The molecule has 2 aromatic carbocycles. The monoisotopic (exact) mass is 392 g/mol. The van der Waals surface area contributed by atoms with Gasteiger partial charge in [-0.2, -0.15) is 0 Å². The normalized spacial score (nSPS) is 11.7. The maximum absolute atomic E-state index is 12.2. The van der Waals surface area contributed by atoms with Gasteiger partial charge in [0.25, 0.3) is 0 Å². The number of methoxy groups -OCH3 is 2. The van der Waals surface area contributed by atoms with Crippen LogP contribution in [-0.2, 0) is 4.79 Å². The number of ether oxygens (including phenoxy) is 2. The van der Waals surface area contributed by atoms with E-state index in [-0.39, 0.29) is 18.5 Å². The van der Waals surface area contributed by atoms with E-state index in [0.717, 1.165) is 10.0 Å². The van der Waals surface area contributed by atoms with Gasteiger partial charge in [-0.05, 0) is 30.7 Å². The SMILES string of the molecule is COc1ccc(OC)c(NC(=O)CN[C@H](C)c2ccccc2Br)c1. The molecule has 5 nitrogen and oxygen atoms in total. The van der Waals surface area contributed by atoms with Crippen molar-refractivity contribution in [3.05, 3.63) is 52.5 Å². The van der Waals surface area contributed by atoms with Gasteiger partial charge in [0.15, 0.2) is 0 Å². The lowest BCUT2D eigenvalue weighted by atomic mass is 10.1. The van der Waals surface area contributed by atoms with Crippen molar-refractivity contribution in [3.63, 3.8) is 0 Å². The largest absolute Gasteiger partial charge is 0.497 e. The van der Waals surface area contributed by atoms with Crippen LogP contribution in [-0.4, -0.2) is 26.7 Å². The predicted octanol–water partition coefficient (Wildman–Crippen LogP) is 3.76. The molecule has 0 heterocycles. The Morgan fingerprint density at radius 2 is 1.92 bits per heavy atom. The molecule has 0 spiro atoms. The minimum absolute atomic E-state index is 0.0403. The molecule has 2 rings (SSSR count). The number of hydrogen-bond donors (Lipinski definition) is 2. The lowest BCUT2D eigenvalue weighted by Crippen LogP contribution is -2.30. The molecule has 2 aromatic rings. The second kappa shape index (κ2) is 8.70. The molecule has 0 aromatic heterocycles. The van der Waals surface area contributed by atoms with Crippen molar-refractivity contribution in [2.75, 3.05) is 26.1 Å². The summed E-state index contributed by atoms with van der Waals surface area (Å²) in [6, 6.07) is 13.2. The van der Waals surface area contributed by atoms with Gasteiger partial charge in [-0.15, -0.1) is 0 Å². The van der Waals surface area contributed by atoms with Gasteiger partial charge >= 0.3 is 0 Å². The number of anilines is 1. The Balaban J connectivity index is 1.97. The molecular weight excluding hydrogens is 372 g/mol. The van der Waals surface area contributed by atoms with Crippen molar-refractivity contribution >= 4 is 27.5 Å². The minimum atomic E-state index is -0.152. The van der Waals surface area contributed by atoms with Gasteiger partial charge in [0, 0.05) is 16.6 Å². The summed E-state index contributed by atoms with van der Waals surface area (Å²) in [5.41, 5.74) is 1.68. The highest BCUT2D eigenvalue weighted by Crippen LogP contribution is 2.28. The van der Waals surface area contributed by atoms with Crippen LogP contribution < -0.4 is 20.1 Å². The van der Waals surface area contributed by atoms with Crippen LogP contribution in [0.2, 0.25) is 0 Å². The average molecular weight is 393 g/mol. The molecule has 0 aliphatic heterocycles. The van der Waals surface area contributed by atoms with E-state index in [2.05, 4.69) is 26.6 Å². The van der Waals surface area contributed by atoms with Crippen molar-refractivity contribution in [2.24, 2.45) is 0 Å². The Bertz CT molecular complexity index is 706. The lowest BCUT2D eigenvalue weighted by molar-refractivity contribution is -0.115. The van der Waals surface area contributed by atoms with Crippen LogP contribution in [0.25, 0.3) is 0 Å². The van der Waals surface area contributed by atoms with Gasteiger partial charge in [-0.25, -0.2) is 0 Å². The molecule has 6 heteroatoms. The molecular formula is C18H21BrN2O3. The molecule has 0 radical (unpaired) electrons. The fraction of sp³-hybridized carbons (Fsp3) is 0.278. The predicted molar refractivity (Wildman–Crippen MR) is 98.7 cm³/mol. The molecule has 24 heavy (non-hydrogen) atoms. The molecule has 0 aliphatic rings. The van der Waals surface area contributed by atoms with Crippen LogP contribution in [0.15, 0.2) is 46.9 Å². The molecule has 0 saturated heterocycles. The van der Waals surface area contributed by atoms with Crippen molar-refractivity contribution in [1.29, 1.82) is 0 Å². The first kappa shape index (κ1) is 18.3. The third-order valence-corrected chi connectivity index (χ3v) is 4.34. The van der Waals surface area contributed by atoms with E-state index in [1.165, 1.54) is 0 Å². The van der Waals surface area contributed by atoms with E-state index in [0.29, 0.717) is 17.2 Å². The Kier molecular flexibility index (Phi) is 6.63. The highest BCUT2D eigenvalue weighted by molar-refractivity contribution is 9.10. The molecule has 2 N–H and O–H groups in total. The first-order chi connectivity index (χ1) is 11.5. The number of amides is 1. The second-order valence-electron chi connectivity index (χ2n) is 5.24.